The number of β-amino-alcohol motifs (C(OH)–C–C–N with tert-alkyl or cyclic N) is 1. The summed E-state index contributed by atoms with van der Waals surface area (Å²) < 4.78 is 4.75. The fraction of sp³-hybridized carbons (Fsp3) is 0.375. The van der Waals surface area contributed by atoms with Crippen LogP contribution in [0.3, 0.4) is 0 Å². The van der Waals surface area contributed by atoms with E-state index in [4.69, 9.17) is 9.84 Å². The number of methoxy groups -OCH3 is 1. The lowest BCUT2D eigenvalue weighted by Crippen LogP contribution is -2.31. The highest BCUT2D eigenvalue weighted by atomic mass is 16.5. The van der Waals surface area contributed by atoms with E-state index in [-0.39, 0.29) is 36.9 Å². The maximum absolute atomic E-state index is 12.4. The highest BCUT2D eigenvalue weighted by molar-refractivity contribution is 6.08. The number of nitrogens with one attached hydrogen (secondary N) is 1. The van der Waals surface area contributed by atoms with E-state index >= 15 is 0 Å². The Morgan fingerprint density at radius 1 is 1.41 bits per heavy atom. The van der Waals surface area contributed by atoms with Gasteiger partial charge in [0.2, 0.25) is 0 Å². The predicted molar refractivity (Wildman–Crippen MR) is 82.2 cm³/mol. The molecule has 1 aliphatic rings. The predicted octanol–water partition coefficient (Wildman–Crippen LogP) is 0.977. The van der Waals surface area contributed by atoms with Crippen molar-refractivity contribution >= 4 is 17.6 Å². The second-order valence-corrected chi connectivity index (χ2v) is 5.17. The number of anilines is 1. The zero-order valence-electron chi connectivity index (χ0n) is 13.0. The van der Waals surface area contributed by atoms with E-state index < -0.39 is 5.97 Å². The Hall–Kier alpha value is -2.34. The molecule has 0 saturated carbocycles. The van der Waals surface area contributed by atoms with Crippen molar-refractivity contribution in [2.24, 2.45) is 0 Å². The fourth-order valence-corrected chi connectivity index (χ4v) is 2.37. The summed E-state index contributed by atoms with van der Waals surface area (Å²) in [5.41, 5.74) is 3.36. The van der Waals surface area contributed by atoms with Crippen LogP contribution in [0.4, 0.5) is 5.69 Å². The van der Waals surface area contributed by atoms with Gasteiger partial charge >= 0.3 is 5.97 Å². The second kappa shape index (κ2) is 6.62. The second-order valence-electron chi connectivity index (χ2n) is 5.17. The summed E-state index contributed by atoms with van der Waals surface area (Å²) in [4.78, 5) is 25.7. The summed E-state index contributed by atoms with van der Waals surface area (Å²) in [6.45, 7) is 4.08. The molecule has 0 aromatic heterocycles. The number of rotatable bonds is 5. The quantitative estimate of drug-likeness (QED) is 0.793. The van der Waals surface area contributed by atoms with Crippen LogP contribution in [-0.2, 0) is 14.3 Å². The van der Waals surface area contributed by atoms with Crippen molar-refractivity contribution in [3.8, 4) is 0 Å². The minimum Gasteiger partial charge on any atom is -0.466 e. The first-order chi connectivity index (χ1) is 10.5. The Morgan fingerprint density at radius 3 is 2.77 bits per heavy atom. The molecule has 6 nitrogen and oxygen atoms in total. The Bertz CT molecular complexity index is 637. The molecule has 1 aromatic rings. The van der Waals surface area contributed by atoms with Gasteiger partial charge in [0.1, 0.15) is 5.70 Å². The molecule has 1 amide bonds. The first-order valence-corrected chi connectivity index (χ1v) is 7.04. The summed E-state index contributed by atoms with van der Waals surface area (Å²) >= 11 is 0. The van der Waals surface area contributed by atoms with Crippen LogP contribution < -0.4 is 5.32 Å². The number of benzene rings is 1. The Kier molecular flexibility index (Phi) is 4.82. The lowest BCUT2D eigenvalue weighted by atomic mass is 10.1. The van der Waals surface area contributed by atoms with Gasteiger partial charge in [0.15, 0.2) is 0 Å². The molecular formula is C16H20N2O4. The average molecular weight is 304 g/mol. The SMILES string of the molecule is COC(=O)C1=C(Nc2cccc(C)c2C)C(=O)N(CCO)C1. The molecule has 1 heterocycles. The number of hydrogen-bond acceptors (Lipinski definition) is 5. The van der Waals surface area contributed by atoms with E-state index in [1.165, 1.54) is 12.0 Å². The van der Waals surface area contributed by atoms with Crippen LogP contribution in [0.15, 0.2) is 29.5 Å². The number of carbonyl (C=O) groups is 2. The van der Waals surface area contributed by atoms with E-state index in [1.54, 1.807) is 0 Å². The fourth-order valence-electron chi connectivity index (χ4n) is 2.37. The molecule has 6 heteroatoms. The molecule has 0 atom stereocenters. The monoisotopic (exact) mass is 304 g/mol. The third-order valence-corrected chi connectivity index (χ3v) is 3.82. The van der Waals surface area contributed by atoms with Gasteiger partial charge in [-0.25, -0.2) is 4.79 Å². The van der Waals surface area contributed by atoms with E-state index in [2.05, 4.69) is 5.32 Å². The van der Waals surface area contributed by atoms with E-state index in [1.807, 2.05) is 32.0 Å². The average Bonchev–Trinajstić information content (AvgIpc) is 2.81. The van der Waals surface area contributed by atoms with Crippen molar-refractivity contribution in [2.45, 2.75) is 13.8 Å². The van der Waals surface area contributed by atoms with Gasteiger partial charge in [-0.1, -0.05) is 12.1 Å². The van der Waals surface area contributed by atoms with Crippen LogP contribution in [0.1, 0.15) is 11.1 Å². The van der Waals surface area contributed by atoms with Gasteiger partial charge in [0.05, 0.1) is 25.8 Å². The number of carbonyl (C=O) groups excluding carboxylic acids is 2. The number of hydrogen-bond donors (Lipinski definition) is 2. The summed E-state index contributed by atoms with van der Waals surface area (Å²) in [7, 11) is 1.28. The number of esters is 1. The molecule has 1 aliphatic heterocycles. The Labute approximate surface area is 129 Å². The molecule has 0 radical (unpaired) electrons. The van der Waals surface area contributed by atoms with Gasteiger partial charge < -0.3 is 20.1 Å². The van der Waals surface area contributed by atoms with Crippen LogP contribution in [-0.4, -0.2) is 48.7 Å². The van der Waals surface area contributed by atoms with Gasteiger partial charge in [-0.2, -0.15) is 0 Å². The first kappa shape index (κ1) is 16.0. The van der Waals surface area contributed by atoms with Gasteiger partial charge in [-0.3, -0.25) is 4.79 Å². The summed E-state index contributed by atoms with van der Waals surface area (Å²) in [5, 5.41) is 12.1. The van der Waals surface area contributed by atoms with Crippen molar-refractivity contribution in [3.63, 3.8) is 0 Å². The maximum atomic E-state index is 12.4. The standard InChI is InChI=1S/C16H20N2O4/c1-10-5-4-6-13(11(10)2)17-14-12(16(21)22-3)9-18(7-8-19)15(14)20/h4-6,17,19H,7-9H2,1-3H3. The summed E-state index contributed by atoms with van der Waals surface area (Å²) in [6.07, 6.45) is 0. The first-order valence-electron chi connectivity index (χ1n) is 7.04. The minimum atomic E-state index is -0.540. The maximum Gasteiger partial charge on any atom is 0.337 e. The van der Waals surface area contributed by atoms with E-state index in [0.717, 1.165) is 16.8 Å². The third kappa shape index (κ3) is 2.96. The molecule has 0 fully saturated rings. The van der Waals surface area contributed by atoms with Crippen LogP contribution in [0.5, 0.6) is 0 Å². The molecule has 0 aliphatic carbocycles. The number of aliphatic hydroxyl groups is 1. The lowest BCUT2D eigenvalue weighted by Gasteiger charge is -2.16. The van der Waals surface area contributed by atoms with Crippen molar-refractivity contribution in [2.75, 3.05) is 32.1 Å². The van der Waals surface area contributed by atoms with Crippen LogP contribution in [0.2, 0.25) is 0 Å². The number of nitrogens with zero attached hydrogens (tertiary/aromatic N) is 1. The largest absolute Gasteiger partial charge is 0.466 e. The molecule has 2 N–H and O–H groups in total. The Morgan fingerprint density at radius 2 is 2.14 bits per heavy atom. The summed E-state index contributed by atoms with van der Waals surface area (Å²) in [6, 6.07) is 5.71. The van der Waals surface area contributed by atoms with Gasteiger partial charge in [-0.05, 0) is 31.0 Å². The summed E-state index contributed by atoms with van der Waals surface area (Å²) in [5.74, 6) is -0.850. The zero-order valence-corrected chi connectivity index (χ0v) is 13.0. The third-order valence-electron chi connectivity index (χ3n) is 3.82. The van der Waals surface area contributed by atoms with Crippen LogP contribution in [0.25, 0.3) is 0 Å². The van der Waals surface area contributed by atoms with Crippen molar-refractivity contribution < 1.29 is 19.4 Å². The molecule has 0 bridgehead atoms. The van der Waals surface area contributed by atoms with Gasteiger partial charge in [0.25, 0.3) is 5.91 Å². The van der Waals surface area contributed by atoms with E-state index in [9.17, 15) is 9.59 Å². The minimum absolute atomic E-state index is 0.138. The van der Waals surface area contributed by atoms with Crippen LogP contribution >= 0.6 is 0 Å². The van der Waals surface area contributed by atoms with Gasteiger partial charge in [0, 0.05) is 12.2 Å². The van der Waals surface area contributed by atoms with Crippen molar-refractivity contribution in [1.29, 1.82) is 0 Å². The molecule has 118 valence electrons. The molecule has 22 heavy (non-hydrogen) atoms. The topological polar surface area (TPSA) is 78.9 Å². The van der Waals surface area contributed by atoms with Crippen LogP contribution in [0, 0.1) is 13.8 Å². The molecule has 1 aromatic carbocycles. The number of amides is 1. The molecule has 0 unspecified atom stereocenters. The highest BCUT2D eigenvalue weighted by Gasteiger charge is 2.34. The normalized spacial score (nSPS) is 14.5. The molecule has 0 spiro atoms. The van der Waals surface area contributed by atoms with Gasteiger partial charge in [-0.15, -0.1) is 0 Å². The Balaban J connectivity index is 2.37. The van der Waals surface area contributed by atoms with Crippen molar-refractivity contribution in [1.82, 2.24) is 4.90 Å². The molecule has 0 saturated heterocycles. The number of aliphatic hydroxyl groups excluding tert-OH is 1. The van der Waals surface area contributed by atoms with E-state index in [0.29, 0.717) is 0 Å². The zero-order chi connectivity index (χ0) is 16.3. The molecule has 2 rings (SSSR count). The van der Waals surface area contributed by atoms with Crippen molar-refractivity contribution in [3.05, 3.63) is 40.6 Å². The number of ether oxygens (including phenoxy) is 1. The molecular weight excluding hydrogens is 284 g/mol. The lowest BCUT2D eigenvalue weighted by molar-refractivity contribution is -0.136. The number of aryl methyl sites for hydroxylation is 1. The smallest absolute Gasteiger partial charge is 0.337 e. The highest BCUT2D eigenvalue weighted by Crippen LogP contribution is 2.25.